The van der Waals surface area contributed by atoms with E-state index in [0.29, 0.717) is 12.4 Å². The molecular formula is C16H18N4OS. The fourth-order valence-corrected chi connectivity index (χ4v) is 2.79. The minimum absolute atomic E-state index is 0.213. The summed E-state index contributed by atoms with van der Waals surface area (Å²) in [6, 6.07) is 10.4. The molecule has 0 aliphatic heterocycles. The zero-order valence-electron chi connectivity index (χ0n) is 12.6. The Hall–Kier alpha value is -2.08. The molecule has 5 nitrogen and oxygen atoms in total. The number of aromatic nitrogens is 4. The molecule has 3 aromatic rings. The van der Waals surface area contributed by atoms with E-state index < -0.39 is 0 Å². The van der Waals surface area contributed by atoms with Gasteiger partial charge in [-0.25, -0.2) is 4.98 Å². The van der Waals surface area contributed by atoms with Crippen molar-refractivity contribution in [2.75, 3.05) is 6.26 Å². The van der Waals surface area contributed by atoms with Gasteiger partial charge in [0, 0.05) is 18.3 Å². The van der Waals surface area contributed by atoms with E-state index in [1.807, 2.05) is 36.8 Å². The molecule has 22 heavy (non-hydrogen) atoms. The lowest BCUT2D eigenvalue weighted by Gasteiger charge is -2.13. The Labute approximate surface area is 133 Å². The molecule has 0 amide bonds. The normalized spacial score (nSPS) is 12.5. The molecular weight excluding hydrogens is 296 g/mol. The summed E-state index contributed by atoms with van der Waals surface area (Å²) in [4.78, 5) is 8.90. The van der Waals surface area contributed by atoms with Crippen LogP contribution in [0.25, 0.3) is 0 Å². The van der Waals surface area contributed by atoms with Crippen LogP contribution in [-0.2, 0) is 12.3 Å². The van der Waals surface area contributed by atoms with Crippen LogP contribution in [0.15, 0.2) is 47.2 Å². The molecule has 0 aliphatic carbocycles. The first-order chi connectivity index (χ1) is 10.8. The number of imidazole rings is 1. The molecule has 1 aromatic carbocycles. The highest BCUT2D eigenvalue weighted by Crippen LogP contribution is 2.23. The highest BCUT2D eigenvalue weighted by atomic mass is 32.2. The fourth-order valence-electron chi connectivity index (χ4n) is 2.41. The smallest absolute Gasteiger partial charge is 0.246 e. The SMILES string of the molecule is CSCc1noc(Cn2ccnc2[C@@H](C)c2ccccc2)n1. The van der Waals surface area contributed by atoms with Gasteiger partial charge in [-0.1, -0.05) is 42.4 Å². The van der Waals surface area contributed by atoms with Gasteiger partial charge in [0.2, 0.25) is 5.89 Å². The first-order valence-electron chi connectivity index (χ1n) is 7.14. The molecule has 114 valence electrons. The Kier molecular flexibility index (Phi) is 4.58. The van der Waals surface area contributed by atoms with Crippen molar-refractivity contribution >= 4 is 11.8 Å². The molecule has 6 heteroatoms. The highest BCUT2D eigenvalue weighted by molar-refractivity contribution is 7.97. The summed E-state index contributed by atoms with van der Waals surface area (Å²) in [5.74, 6) is 3.32. The average molecular weight is 314 g/mol. The van der Waals surface area contributed by atoms with Gasteiger partial charge in [0.05, 0.1) is 5.75 Å². The number of hydrogen-bond acceptors (Lipinski definition) is 5. The molecule has 0 bridgehead atoms. The number of rotatable bonds is 6. The summed E-state index contributed by atoms with van der Waals surface area (Å²) in [6.45, 7) is 2.70. The van der Waals surface area contributed by atoms with E-state index in [9.17, 15) is 0 Å². The van der Waals surface area contributed by atoms with Crippen molar-refractivity contribution in [2.45, 2.75) is 25.1 Å². The molecule has 1 atom stereocenters. The maximum Gasteiger partial charge on any atom is 0.246 e. The summed E-state index contributed by atoms with van der Waals surface area (Å²) in [7, 11) is 0. The van der Waals surface area contributed by atoms with Gasteiger partial charge in [0.25, 0.3) is 0 Å². The van der Waals surface area contributed by atoms with Crippen molar-refractivity contribution in [3.8, 4) is 0 Å². The van der Waals surface area contributed by atoms with Crippen LogP contribution in [0.4, 0.5) is 0 Å². The predicted molar refractivity (Wildman–Crippen MR) is 86.8 cm³/mol. The van der Waals surface area contributed by atoms with Gasteiger partial charge in [-0.2, -0.15) is 16.7 Å². The second-order valence-corrected chi connectivity index (χ2v) is 5.95. The lowest BCUT2D eigenvalue weighted by atomic mass is 10.0. The third-order valence-corrected chi connectivity index (χ3v) is 4.07. The van der Waals surface area contributed by atoms with Crippen LogP contribution < -0.4 is 0 Å². The summed E-state index contributed by atoms with van der Waals surface area (Å²) in [5, 5.41) is 3.98. The Morgan fingerprint density at radius 1 is 1.27 bits per heavy atom. The van der Waals surface area contributed by atoms with Crippen LogP contribution in [0.3, 0.4) is 0 Å². The van der Waals surface area contributed by atoms with Crippen LogP contribution >= 0.6 is 11.8 Å². The maximum absolute atomic E-state index is 5.31. The van der Waals surface area contributed by atoms with Crippen LogP contribution in [0.5, 0.6) is 0 Å². The van der Waals surface area contributed by atoms with Crippen molar-refractivity contribution in [2.24, 2.45) is 0 Å². The van der Waals surface area contributed by atoms with Crippen molar-refractivity contribution in [1.29, 1.82) is 0 Å². The number of hydrogen-bond donors (Lipinski definition) is 0. The fraction of sp³-hybridized carbons (Fsp3) is 0.312. The lowest BCUT2D eigenvalue weighted by Crippen LogP contribution is -2.09. The molecule has 0 saturated heterocycles. The van der Waals surface area contributed by atoms with Crippen molar-refractivity contribution in [3.63, 3.8) is 0 Å². The van der Waals surface area contributed by atoms with Gasteiger partial charge in [-0.05, 0) is 11.8 Å². The predicted octanol–water partition coefficient (Wildman–Crippen LogP) is 3.33. The summed E-state index contributed by atoms with van der Waals surface area (Å²) in [5.41, 5.74) is 1.24. The Morgan fingerprint density at radius 2 is 2.09 bits per heavy atom. The van der Waals surface area contributed by atoms with Gasteiger partial charge < -0.3 is 9.09 Å². The Morgan fingerprint density at radius 3 is 2.86 bits per heavy atom. The minimum atomic E-state index is 0.213. The lowest BCUT2D eigenvalue weighted by molar-refractivity contribution is 0.365. The first kappa shape index (κ1) is 14.8. The van der Waals surface area contributed by atoms with E-state index in [-0.39, 0.29) is 5.92 Å². The van der Waals surface area contributed by atoms with Crippen LogP contribution in [0.2, 0.25) is 0 Å². The average Bonchev–Trinajstić information content (AvgIpc) is 3.18. The molecule has 2 aromatic heterocycles. The molecule has 0 aliphatic rings. The van der Waals surface area contributed by atoms with Gasteiger partial charge >= 0.3 is 0 Å². The second kappa shape index (κ2) is 6.79. The molecule has 0 spiro atoms. The summed E-state index contributed by atoms with van der Waals surface area (Å²) < 4.78 is 7.37. The van der Waals surface area contributed by atoms with Gasteiger partial charge in [-0.15, -0.1) is 0 Å². The molecule has 0 saturated carbocycles. The van der Waals surface area contributed by atoms with Crippen LogP contribution in [0.1, 0.15) is 35.9 Å². The zero-order valence-corrected chi connectivity index (χ0v) is 13.5. The van der Waals surface area contributed by atoms with Crippen molar-refractivity contribution in [1.82, 2.24) is 19.7 Å². The Bertz CT molecular complexity index is 723. The van der Waals surface area contributed by atoms with E-state index in [0.717, 1.165) is 17.4 Å². The highest BCUT2D eigenvalue weighted by Gasteiger charge is 2.16. The van der Waals surface area contributed by atoms with E-state index in [1.54, 1.807) is 11.8 Å². The number of thioether (sulfide) groups is 1. The monoisotopic (exact) mass is 314 g/mol. The Balaban J connectivity index is 1.79. The molecule has 0 radical (unpaired) electrons. The zero-order chi connectivity index (χ0) is 15.4. The minimum Gasteiger partial charge on any atom is -0.337 e. The molecule has 2 heterocycles. The molecule has 0 unspecified atom stereocenters. The first-order valence-corrected chi connectivity index (χ1v) is 8.53. The van der Waals surface area contributed by atoms with E-state index >= 15 is 0 Å². The quantitative estimate of drug-likeness (QED) is 0.698. The summed E-state index contributed by atoms with van der Waals surface area (Å²) >= 11 is 1.68. The largest absolute Gasteiger partial charge is 0.337 e. The van der Waals surface area contributed by atoms with Gasteiger partial charge in [0.15, 0.2) is 5.82 Å². The molecule has 0 N–H and O–H groups in total. The van der Waals surface area contributed by atoms with E-state index in [1.165, 1.54) is 5.56 Å². The van der Waals surface area contributed by atoms with Crippen molar-refractivity contribution in [3.05, 3.63) is 65.8 Å². The third kappa shape index (κ3) is 3.22. The molecule has 0 fully saturated rings. The van der Waals surface area contributed by atoms with Crippen molar-refractivity contribution < 1.29 is 4.52 Å². The van der Waals surface area contributed by atoms with E-state index in [2.05, 4.69) is 38.7 Å². The maximum atomic E-state index is 5.31. The van der Waals surface area contributed by atoms with Crippen LogP contribution in [-0.4, -0.2) is 25.9 Å². The second-order valence-electron chi connectivity index (χ2n) is 5.08. The van der Waals surface area contributed by atoms with E-state index in [4.69, 9.17) is 4.52 Å². The topological polar surface area (TPSA) is 56.7 Å². The molecule has 3 rings (SSSR count). The standard InChI is InChI=1S/C16H18N4OS/c1-12(13-6-4-3-5-7-13)16-17-8-9-20(16)10-15-18-14(11-22-2)19-21-15/h3-9,12H,10-11H2,1-2H3/t12-/m0/s1. The van der Waals surface area contributed by atoms with Crippen LogP contribution in [0, 0.1) is 0 Å². The number of benzene rings is 1. The van der Waals surface area contributed by atoms with Gasteiger partial charge in [-0.3, -0.25) is 0 Å². The van der Waals surface area contributed by atoms with Gasteiger partial charge in [0.1, 0.15) is 12.4 Å². The summed E-state index contributed by atoms with van der Waals surface area (Å²) in [6.07, 6.45) is 5.78. The third-order valence-electron chi connectivity index (χ3n) is 3.52. The number of nitrogens with zero attached hydrogens (tertiary/aromatic N) is 4.